The number of hydroxylamine groups is 2. The molecular weight excluding hydrogens is 502 g/mol. The van der Waals surface area contributed by atoms with Crippen molar-refractivity contribution in [3.05, 3.63) is 23.8 Å². The van der Waals surface area contributed by atoms with Gasteiger partial charge in [-0.25, -0.2) is 17.8 Å². The molecular formula is C25H37N3O8S. The van der Waals surface area contributed by atoms with Gasteiger partial charge in [0, 0.05) is 38.1 Å². The van der Waals surface area contributed by atoms with Gasteiger partial charge in [0.05, 0.1) is 24.8 Å². The van der Waals surface area contributed by atoms with E-state index in [-0.39, 0.29) is 31.5 Å². The van der Waals surface area contributed by atoms with E-state index in [1.807, 2.05) is 30.9 Å². The highest BCUT2D eigenvalue weighted by Crippen LogP contribution is 2.43. The molecule has 206 valence electrons. The number of hydrogen-bond donors (Lipinski definition) is 1. The smallest absolute Gasteiger partial charge is 0.308 e. The first-order valence-electron chi connectivity index (χ1n) is 13.0. The Labute approximate surface area is 218 Å². The van der Waals surface area contributed by atoms with Gasteiger partial charge in [-0.05, 0) is 43.4 Å². The van der Waals surface area contributed by atoms with Gasteiger partial charge >= 0.3 is 5.97 Å². The molecule has 1 unspecified atom stereocenters. The van der Waals surface area contributed by atoms with Gasteiger partial charge in [0.2, 0.25) is 16.8 Å². The van der Waals surface area contributed by atoms with Gasteiger partial charge in [0.15, 0.2) is 11.5 Å². The first-order valence-corrected chi connectivity index (χ1v) is 14.6. The van der Waals surface area contributed by atoms with Gasteiger partial charge in [-0.15, -0.1) is 0 Å². The molecule has 1 N–H and O–H groups in total. The number of carboxylic acid groups (broad SMARTS) is 1. The Balaban J connectivity index is 1.59. The molecule has 1 amide bonds. The molecule has 2 fully saturated rings. The summed E-state index contributed by atoms with van der Waals surface area (Å²) in [5.74, 6) is -1.14. The highest BCUT2D eigenvalue weighted by Gasteiger charge is 2.48. The fourth-order valence-corrected chi connectivity index (χ4v) is 7.01. The van der Waals surface area contributed by atoms with Crippen LogP contribution in [0.25, 0.3) is 0 Å². The summed E-state index contributed by atoms with van der Waals surface area (Å²) >= 11 is 0. The monoisotopic (exact) mass is 539 g/mol. The van der Waals surface area contributed by atoms with Crippen LogP contribution in [0.15, 0.2) is 18.2 Å². The number of hydrogen-bond acceptors (Lipinski definition) is 8. The van der Waals surface area contributed by atoms with E-state index in [1.165, 1.54) is 9.37 Å². The zero-order chi connectivity index (χ0) is 26.6. The second-order valence-electron chi connectivity index (χ2n) is 9.77. The van der Waals surface area contributed by atoms with Crippen LogP contribution in [0.4, 0.5) is 0 Å². The number of benzene rings is 1. The number of fused-ring (bicyclic) bond motifs is 1. The Kier molecular flexibility index (Phi) is 8.94. The standard InChI is InChI=1S/C25H37N3O8S/c1-3-9-28(36-12-4-2)23(29)16-26-15-19(18-6-7-21-22(14-18)35-17-34-21)24(25(30)31)20(26)8-11-27-10-5-13-37(27,32)33/h6-7,14,19-20,24H,3-5,8-13,15-17H2,1-2H3,(H,30,31)/t19-,20+,24?/m1/s1. The van der Waals surface area contributed by atoms with Gasteiger partial charge in [0.25, 0.3) is 5.91 Å². The third-order valence-corrected chi connectivity index (χ3v) is 9.19. The third-order valence-electron chi connectivity index (χ3n) is 7.23. The van der Waals surface area contributed by atoms with Crippen molar-refractivity contribution in [1.29, 1.82) is 0 Å². The lowest BCUT2D eigenvalue weighted by molar-refractivity contribution is -0.188. The predicted octanol–water partition coefficient (Wildman–Crippen LogP) is 1.89. The van der Waals surface area contributed by atoms with Crippen LogP contribution in [-0.2, 0) is 24.4 Å². The maximum absolute atomic E-state index is 13.2. The van der Waals surface area contributed by atoms with Crippen LogP contribution in [-0.4, -0.2) is 97.6 Å². The van der Waals surface area contributed by atoms with Crippen molar-refractivity contribution in [2.24, 2.45) is 5.92 Å². The Morgan fingerprint density at radius 2 is 1.97 bits per heavy atom. The Morgan fingerprint density at radius 1 is 1.19 bits per heavy atom. The van der Waals surface area contributed by atoms with Crippen molar-refractivity contribution >= 4 is 21.9 Å². The van der Waals surface area contributed by atoms with Crippen LogP contribution in [0, 0.1) is 5.92 Å². The summed E-state index contributed by atoms with van der Waals surface area (Å²) in [6.45, 7) is 5.89. The molecule has 3 heterocycles. The first kappa shape index (κ1) is 27.6. The van der Waals surface area contributed by atoms with Crippen LogP contribution in [0.2, 0.25) is 0 Å². The fourth-order valence-electron chi connectivity index (χ4n) is 5.47. The van der Waals surface area contributed by atoms with Crippen LogP contribution in [0.5, 0.6) is 11.5 Å². The number of carbonyl (C=O) groups is 2. The summed E-state index contributed by atoms with van der Waals surface area (Å²) in [6.07, 6.45) is 2.37. The number of sulfonamides is 1. The van der Waals surface area contributed by atoms with E-state index < -0.39 is 33.9 Å². The maximum Gasteiger partial charge on any atom is 0.308 e. The van der Waals surface area contributed by atoms with E-state index in [9.17, 15) is 23.1 Å². The van der Waals surface area contributed by atoms with Crippen molar-refractivity contribution in [1.82, 2.24) is 14.3 Å². The second kappa shape index (κ2) is 12.0. The molecule has 0 spiro atoms. The Bertz CT molecular complexity index is 1080. The summed E-state index contributed by atoms with van der Waals surface area (Å²) < 4.78 is 37.1. The molecule has 1 aromatic carbocycles. The van der Waals surface area contributed by atoms with E-state index in [0.29, 0.717) is 50.6 Å². The minimum absolute atomic E-state index is 0.00797. The summed E-state index contributed by atoms with van der Waals surface area (Å²) in [6, 6.07) is 4.90. The summed E-state index contributed by atoms with van der Waals surface area (Å²) in [5, 5.41) is 11.7. The third kappa shape index (κ3) is 6.19. The highest BCUT2D eigenvalue weighted by molar-refractivity contribution is 7.89. The lowest BCUT2D eigenvalue weighted by Gasteiger charge is -2.30. The van der Waals surface area contributed by atoms with Crippen molar-refractivity contribution < 1.29 is 37.4 Å². The lowest BCUT2D eigenvalue weighted by atomic mass is 9.84. The zero-order valence-corrected chi connectivity index (χ0v) is 22.3. The number of aliphatic carboxylic acids is 1. The average Bonchev–Trinajstić information content (AvgIpc) is 3.56. The molecule has 0 saturated carbocycles. The largest absolute Gasteiger partial charge is 0.481 e. The number of carboxylic acids is 1. The van der Waals surface area contributed by atoms with Crippen LogP contribution < -0.4 is 9.47 Å². The average molecular weight is 540 g/mol. The SMILES string of the molecule is CCCON(CCC)C(=O)CN1C[C@H](c2ccc3c(c2)OCO3)C(C(=O)O)[C@@H]1CCN1CCCS1(=O)=O. The van der Waals surface area contributed by atoms with E-state index in [1.54, 1.807) is 6.07 Å². The highest BCUT2D eigenvalue weighted by atomic mass is 32.2. The molecule has 3 aliphatic heterocycles. The predicted molar refractivity (Wildman–Crippen MR) is 135 cm³/mol. The fraction of sp³-hybridized carbons (Fsp3) is 0.680. The molecule has 0 bridgehead atoms. The molecule has 3 aliphatic rings. The number of rotatable bonds is 12. The van der Waals surface area contributed by atoms with E-state index in [2.05, 4.69) is 0 Å². The molecule has 2 saturated heterocycles. The molecule has 11 nitrogen and oxygen atoms in total. The molecule has 3 atom stereocenters. The van der Waals surface area contributed by atoms with Crippen molar-refractivity contribution in [3.8, 4) is 11.5 Å². The van der Waals surface area contributed by atoms with Gasteiger partial charge in [-0.2, -0.15) is 0 Å². The molecule has 0 radical (unpaired) electrons. The number of nitrogens with zero attached hydrogens (tertiary/aromatic N) is 3. The molecule has 1 aromatic rings. The minimum atomic E-state index is -3.32. The first-order chi connectivity index (χ1) is 17.7. The van der Waals surface area contributed by atoms with E-state index >= 15 is 0 Å². The number of likely N-dealkylation sites (tertiary alicyclic amines) is 1. The topological polar surface area (TPSA) is 126 Å². The molecule has 0 aromatic heterocycles. The zero-order valence-electron chi connectivity index (χ0n) is 21.5. The van der Waals surface area contributed by atoms with Crippen molar-refractivity contribution in [2.45, 2.75) is 51.5 Å². The van der Waals surface area contributed by atoms with Gasteiger partial charge in [-0.1, -0.05) is 19.9 Å². The maximum atomic E-state index is 13.2. The number of ether oxygens (including phenoxy) is 2. The van der Waals surface area contributed by atoms with E-state index in [0.717, 1.165) is 18.4 Å². The number of amides is 1. The van der Waals surface area contributed by atoms with Crippen LogP contribution >= 0.6 is 0 Å². The van der Waals surface area contributed by atoms with Crippen LogP contribution in [0.1, 0.15) is 51.0 Å². The summed E-state index contributed by atoms with van der Waals surface area (Å²) in [5.41, 5.74) is 0.790. The molecule has 37 heavy (non-hydrogen) atoms. The Morgan fingerprint density at radius 3 is 2.65 bits per heavy atom. The van der Waals surface area contributed by atoms with Crippen molar-refractivity contribution in [2.75, 3.05) is 51.9 Å². The van der Waals surface area contributed by atoms with Gasteiger partial charge in [0.1, 0.15) is 0 Å². The normalized spacial score (nSPS) is 25.0. The molecule has 12 heteroatoms. The van der Waals surface area contributed by atoms with Gasteiger partial charge in [-0.3, -0.25) is 19.3 Å². The van der Waals surface area contributed by atoms with Crippen molar-refractivity contribution in [3.63, 3.8) is 0 Å². The quantitative estimate of drug-likeness (QED) is 0.396. The van der Waals surface area contributed by atoms with Crippen LogP contribution in [0.3, 0.4) is 0 Å². The lowest BCUT2D eigenvalue weighted by Crippen LogP contribution is -2.45. The molecule has 0 aliphatic carbocycles. The van der Waals surface area contributed by atoms with E-state index in [4.69, 9.17) is 14.3 Å². The summed E-state index contributed by atoms with van der Waals surface area (Å²) in [7, 11) is -3.32. The van der Waals surface area contributed by atoms with Gasteiger partial charge < -0.3 is 14.6 Å². The molecule has 4 rings (SSSR count). The minimum Gasteiger partial charge on any atom is -0.481 e. The Hall–Kier alpha value is -2.41. The number of carbonyl (C=O) groups excluding carboxylic acids is 1. The second-order valence-corrected chi connectivity index (χ2v) is 11.9. The summed E-state index contributed by atoms with van der Waals surface area (Å²) in [4.78, 5) is 33.4.